The maximum atomic E-state index is 12.5. The monoisotopic (exact) mass is 424 g/mol. The van der Waals surface area contributed by atoms with Crippen LogP contribution in [0.5, 0.6) is 0 Å². The van der Waals surface area contributed by atoms with Gasteiger partial charge in [-0.2, -0.15) is 4.98 Å². The lowest BCUT2D eigenvalue weighted by atomic mass is 9.88. The van der Waals surface area contributed by atoms with Crippen LogP contribution in [0.15, 0.2) is 28.8 Å². The number of aryl methyl sites for hydroxylation is 2. The maximum absolute atomic E-state index is 12.5. The molecule has 2 aliphatic rings. The van der Waals surface area contributed by atoms with Gasteiger partial charge >= 0.3 is 0 Å². The minimum atomic E-state index is -0.554. The summed E-state index contributed by atoms with van der Waals surface area (Å²) in [5, 5.41) is 10.4. The summed E-state index contributed by atoms with van der Waals surface area (Å²) < 4.78 is 5.46. The van der Waals surface area contributed by atoms with Crippen molar-refractivity contribution in [1.29, 1.82) is 0 Å². The van der Waals surface area contributed by atoms with Crippen molar-refractivity contribution in [3.63, 3.8) is 0 Å². The van der Waals surface area contributed by atoms with Crippen LogP contribution in [-0.4, -0.2) is 28.0 Å². The number of benzene rings is 1. The summed E-state index contributed by atoms with van der Waals surface area (Å²) in [7, 11) is 0. The number of nitrogens with one attached hydrogen (secondary N) is 2. The van der Waals surface area contributed by atoms with Crippen LogP contribution in [-0.2, 0) is 34.4 Å². The van der Waals surface area contributed by atoms with Crippen molar-refractivity contribution in [2.75, 3.05) is 0 Å². The first-order chi connectivity index (χ1) is 15.0. The van der Waals surface area contributed by atoms with Crippen LogP contribution >= 0.6 is 0 Å². The molecular weight excluding hydrogens is 392 g/mol. The third-order valence-electron chi connectivity index (χ3n) is 6.55. The number of aromatic nitrogens is 2. The Morgan fingerprint density at radius 1 is 1.13 bits per heavy atom. The van der Waals surface area contributed by atoms with Gasteiger partial charge in [0.15, 0.2) is 5.82 Å². The van der Waals surface area contributed by atoms with Gasteiger partial charge in [-0.1, -0.05) is 55.1 Å². The first-order valence-electron chi connectivity index (χ1n) is 11.5. The molecule has 1 saturated carbocycles. The van der Waals surface area contributed by atoms with E-state index in [0.717, 1.165) is 57.8 Å². The van der Waals surface area contributed by atoms with Gasteiger partial charge in [0.2, 0.25) is 17.7 Å². The van der Waals surface area contributed by atoms with Crippen molar-refractivity contribution < 1.29 is 14.1 Å². The number of amides is 2. The third kappa shape index (κ3) is 5.32. The van der Waals surface area contributed by atoms with Crippen LogP contribution in [0, 0.1) is 0 Å². The van der Waals surface area contributed by atoms with Crippen molar-refractivity contribution in [1.82, 2.24) is 20.8 Å². The molecule has 1 atom stereocenters. The lowest BCUT2D eigenvalue weighted by Gasteiger charge is -2.30. The molecule has 1 aromatic carbocycles. The maximum Gasteiger partial charge on any atom is 0.227 e. The fourth-order valence-electron chi connectivity index (χ4n) is 4.97. The number of rotatable bonds is 6. The summed E-state index contributed by atoms with van der Waals surface area (Å²) in [4.78, 5) is 28.9. The van der Waals surface area contributed by atoms with Crippen molar-refractivity contribution in [2.24, 2.45) is 0 Å². The summed E-state index contributed by atoms with van der Waals surface area (Å²) in [5.41, 5.74) is 2.16. The van der Waals surface area contributed by atoms with E-state index in [2.05, 4.69) is 45.0 Å². The molecule has 0 spiro atoms. The van der Waals surface area contributed by atoms with Gasteiger partial charge in [0, 0.05) is 25.8 Å². The molecule has 1 heterocycles. The summed E-state index contributed by atoms with van der Waals surface area (Å²) in [5.74, 6) is 0.925. The van der Waals surface area contributed by atoms with E-state index in [0.29, 0.717) is 24.6 Å². The zero-order valence-electron chi connectivity index (χ0n) is 18.3. The summed E-state index contributed by atoms with van der Waals surface area (Å²) in [6.45, 7) is 1.53. The molecular formula is C24H32N4O3. The van der Waals surface area contributed by atoms with Gasteiger partial charge in [-0.05, 0) is 43.2 Å². The highest BCUT2D eigenvalue weighted by molar-refractivity contribution is 5.76. The average Bonchev–Trinajstić information content (AvgIpc) is 3.12. The van der Waals surface area contributed by atoms with Crippen molar-refractivity contribution >= 4 is 11.8 Å². The Morgan fingerprint density at radius 3 is 2.61 bits per heavy atom. The molecule has 7 nitrogen and oxygen atoms in total. The smallest absolute Gasteiger partial charge is 0.227 e. The molecule has 2 amide bonds. The molecule has 31 heavy (non-hydrogen) atoms. The molecule has 2 N–H and O–H groups in total. The standard InChI is InChI=1S/C24H32N4O3/c1-17(29)27-24(14-6-2-3-7-15-24)23-26-22(31-28-23)13-12-21(30)25-20-11-10-18-8-4-5-9-19(18)16-20/h4-5,8-9,20H,2-3,6-7,10-16H2,1H3,(H,25,30)(H,27,29). The Labute approximate surface area is 183 Å². The zero-order valence-corrected chi connectivity index (χ0v) is 18.3. The largest absolute Gasteiger partial charge is 0.353 e. The predicted molar refractivity (Wildman–Crippen MR) is 116 cm³/mol. The van der Waals surface area contributed by atoms with Crippen LogP contribution in [0.4, 0.5) is 0 Å². The predicted octanol–water partition coefficient (Wildman–Crippen LogP) is 3.36. The van der Waals surface area contributed by atoms with Gasteiger partial charge in [-0.15, -0.1) is 0 Å². The highest BCUT2D eigenvalue weighted by Crippen LogP contribution is 2.34. The second-order valence-electron chi connectivity index (χ2n) is 8.97. The van der Waals surface area contributed by atoms with Gasteiger partial charge < -0.3 is 15.2 Å². The minimum absolute atomic E-state index is 0.00942. The molecule has 0 saturated heterocycles. The first-order valence-corrected chi connectivity index (χ1v) is 11.5. The van der Waals surface area contributed by atoms with E-state index in [9.17, 15) is 9.59 Å². The lowest BCUT2D eigenvalue weighted by Crippen LogP contribution is -2.45. The second kappa shape index (κ2) is 9.62. The molecule has 166 valence electrons. The molecule has 1 aromatic heterocycles. The number of carbonyl (C=O) groups excluding carboxylic acids is 2. The number of fused-ring (bicyclic) bond motifs is 1. The van der Waals surface area contributed by atoms with Crippen molar-refractivity contribution in [3.8, 4) is 0 Å². The topological polar surface area (TPSA) is 97.1 Å². The summed E-state index contributed by atoms with van der Waals surface area (Å²) in [6.07, 6.45) is 9.54. The van der Waals surface area contributed by atoms with Gasteiger partial charge in [0.25, 0.3) is 0 Å². The van der Waals surface area contributed by atoms with E-state index >= 15 is 0 Å². The first kappa shape index (κ1) is 21.5. The van der Waals surface area contributed by atoms with E-state index in [1.807, 2.05) is 0 Å². The summed E-state index contributed by atoms with van der Waals surface area (Å²) in [6, 6.07) is 8.61. The quantitative estimate of drug-likeness (QED) is 0.693. The highest BCUT2D eigenvalue weighted by Gasteiger charge is 2.38. The molecule has 0 aliphatic heterocycles. The molecule has 4 rings (SSSR count). The normalized spacial score (nSPS) is 20.4. The van der Waals surface area contributed by atoms with E-state index in [-0.39, 0.29) is 17.9 Å². The second-order valence-corrected chi connectivity index (χ2v) is 8.97. The van der Waals surface area contributed by atoms with E-state index < -0.39 is 5.54 Å². The van der Waals surface area contributed by atoms with Crippen LogP contribution in [0.25, 0.3) is 0 Å². The number of hydrogen-bond acceptors (Lipinski definition) is 5. The van der Waals surface area contributed by atoms with Gasteiger partial charge in [-0.25, -0.2) is 0 Å². The molecule has 0 radical (unpaired) electrons. The molecule has 1 fully saturated rings. The zero-order chi connectivity index (χ0) is 21.7. The average molecular weight is 425 g/mol. The Bertz CT molecular complexity index is 915. The third-order valence-corrected chi connectivity index (χ3v) is 6.55. The molecule has 0 bridgehead atoms. The van der Waals surface area contributed by atoms with Crippen LogP contribution in [0.2, 0.25) is 0 Å². The summed E-state index contributed by atoms with van der Waals surface area (Å²) >= 11 is 0. The van der Waals surface area contributed by atoms with Crippen LogP contribution < -0.4 is 10.6 Å². The fourth-order valence-corrected chi connectivity index (χ4v) is 4.97. The SMILES string of the molecule is CC(=O)NC1(c2noc(CCC(=O)NC3CCc4ccccc4C3)n2)CCCCCC1. The van der Waals surface area contributed by atoms with E-state index in [1.165, 1.54) is 18.1 Å². The van der Waals surface area contributed by atoms with E-state index in [1.54, 1.807) is 0 Å². The highest BCUT2D eigenvalue weighted by atomic mass is 16.5. The van der Waals surface area contributed by atoms with Crippen molar-refractivity contribution in [2.45, 2.75) is 89.1 Å². The van der Waals surface area contributed by atoms with Gasteiger partial charge in [0.1, 0.15) is 5.54 Å². The van der Waals surface area contributed by atoms with Crippen LogP contribution in [0.3, 0.4) is 0 Å². The Balaban J connectivity index is 1.33. The molecule has 2 aliphatic carbocycles. The fraction of sp³-hybridized carbons (Fsp3) is 0.583. The number of hydrogen-bond donors (Lipinski definition) is 2. The lowest BCUT2D eigenvalue weighted by molar-refractivity contribution is -0.122. The molecule has 7 heteroatoms. The van der Waals surface area contributed by atoms with Crippen molar-refractivity contribution in [3.05, 3.63) is 47.1 Å². The number of nitrogens with zero attached hydrogens (tertiary/aromatic N) is 2. The molecule has 2 aromatic rings. The number of carbonyl (C=O) groups is 2. The Morgan fingerprint density at radius 2 is 1.87 bits per heavy atom. The Kier molecular flexibility index (Phi) is 6.68. The van der Waals surface area contributed by atoms with Gasteiger partial charge in [0.05, 0.1) is 0 Å². The van der Waals surface area contributed by atoms with Gasteiger partial charge in [-0.3, -0.25) is 9.59 Å². The Hall–Kier alpha value is -2.70. The van der Waals surface area contributed by atoms with E-state index in [4.69, 9.17) is 4.52 Å². The van der Waals surface area contributed by atoms with Crippen LogP contribution in [0.1, 0.15) is 81.1 Å². The minimum Gasteiger partial charge on any atom is -0.353 e. The molecule has 1 unspecified atom stereocenters.